The Morgan fingerprint density at radius 2 is 2.17 bits per heavy atom. The fourth-order valence-corrected chi connectivity index (χ4v) is 2.18. The van der Waals surface area contributed by atoms with Crippen LogP contribution < -0.4 is 5.73 Å². The Kier molecular flexibility index (Phi) is 10.4. The lowest BCUT2D eigenvalue weighted by atomic mass is 10.2. The van der Waals surface area contributed by atoms with Gasteiger partial charge in [-0.15, -0.1) is 12.4 Å². The normalized spacial score (nSPS) is 20.1. The van der Waals surface area contributed by atoms with Crippen LogP contribution in [-0.2, 0) is 9.53 Å². The minimum absolute atomic E-state index is 0. The average molecular weight is 279 g/mol. The van der Waals surface area contributed by atoms with E-state index in [4.69, 9.17) is 10.5 Å². The smallest absolute Gasteiger partial charge is 0.222 e. The van der Waals surface area contributed by atoms with E-state index in [-0.39, 0.29) is 18.3 Å². The van der Waals surface area contributed by atoms with E-state index in [0.717, 1.165) is 51.8 Å². The first-order chi connectivity index (χ1) is 8.27. The molecule has 1 heterocycles. The highest BCUT2D eigenvalue weighted by Crippen LogP contribution is 2.15. The molecule has 1 atom stereocenters. The van der Waals surface area contributed by atoms with Crippen LogP contribution in [0.2, 0.25) is 0 Å². The van der Waals surface area contributed by atoms with Crippen LogP contribution in [0.1, 0.15) is 45.4 Å². The van der Waals surface area contributed by atoms with Gasteiger partial charge in [0.25, 0.3) is 0 Å². The van der Waals surface area contributed by atoms with Crippen molar-refractivity contribution in [2.75, 3.05) is 26.2 Å². The SMILES string of the molecule is CCCOC1CCCN(C(=O)CCCN)CC1.Cl. The lowest BCUT2D eigenvalue weighted by Gasteiger charge is -2.20. The van der Waals surface area contributed by atoms with Crippen molar-refractivity contribution in [3.8, 4) is 0 Å². The molecule has 0 aromatic rings. The van der Waals surface area contributed by atoms with E-state index in [1.54, 1.807) is 0 Å². The molecule has 0 aromatic carbocycles. The van der Waals surface area contributed by atoms with Gasteiger partial charge >= 0.3 is 0 Å². The minimum atomic E-state index is 0. The van der Waals surface area contributed by atoms with Crippen molar-refractivity contribution in [3.05, 3.63) is 0 Å². The van der Waals surface area contributed by atoms with Gasteiger partial charge in [-0.2, -0.15) is 0 Å². The Labute approximate surface area is 117 Å². The average Bonchev–Trinajstić information content (AvgIpc) is 2.59. The molecule has 5 heteroatoms. The minimum Gasteiger partial charge on any atom is -0.378 e. The third-order valence-electron chi connectivity index (χ3n) is 3.18. The first-order valence-electron chi connectivity index (χ1n) is 6.87. The fourth-order valence-electron chi connectivity index (χ4n) is 2.18. The molecule has 0 radical (unpaired) electrons. The molecule has 4 nitrogen and oxygen atoms in total. The molecule has 1 fully saturated rings. The number of rotatable bonds is 6. The highest BCUT2D eigenvalue weighted by Gasteiger charge is 2.20. The predicted molar refractivity (Wildman–Crippen MR) is 76.0 cm³/mol. The molecular weight excluding hydrogens is 252 g/mol. The maximum absolute atomic E-state index is 11.9. The Bertz CT molecular complexity index is 227. The Morgan fingerprint density at radius 1 is 1.39 bits per heavy atom. The van der Waals surface area contributed by atoms with E-state index in [2.05, 4.69) is 6.92 Å². The Balaban J connectivity index is 0.00000289. The first-order valence-corrected chi connectivity index (χ1v) is 6.87. The maximum Gasteiger partial charge on any atom is 0.222 e. The van der Waals surface area contributed by atoms with E-state index >= 15 is 0 Å². The molecule has 2 N–H and O–H groups in total. The number of likely N-dealkylation sites (tertiary alicyclic amines) is 1. The van der Waals surface area contributed by atoms with Crippen LogP contribution in [0.5, 0.6) is 0 Å². The highest BCUT2D eigenvalue weighted by molar-refractivity contribution is 5.85. The van der Waals surface area contributed by atoms with Gasteiger partial charge in [0.05, 0.1) is 6.10 Å². The zero-order chi connectivity index (χ0) is 12.5. The number of halogens is 1. The molecule has 1 rings (SSSR count). The van der Waals surface area contributed by atoms with Gasteiger partial charge in [0.1, 0.15) is 0 Å². The summed E-state index contributed by atoms with van der Waals surface area (Å²) in [6, 6.07) is 0. The number of carbonyl (C=O) groups is 1. The molecule has 1 aliphatic rings. The highest BCUT2D eigenvalue weighted by atomic mass is 35.5. The quantitative estimate of drug-likeness (QED) is 0.808. The lowest BCUT2D eigenvalue weighted by molar-refractivity contribution is -0.131. The topological polar surface area (TPSA) is 55.6 Å². The summed E-state index contributed by atoms with van der Waals surface area (Å²) in [7, 11) is 0. The third kappa shape index (κ3) is 6.57. The summed E-state index contributed by atoms with van der Waals surface area (Å²) >= 11 is 0. The van der Waals surface area contributed by atoms with Gasteiger partial charge in [-0.25, -0.2) is 0 Å². The molecule has 0 aromatic heterocycles. The third-order valence-corrected chi connectivity index (χ3v) is 3.18. The maximum atomic E-state index is 11.9. The number of hydrogen-bond acceptors (Lipinski definition) is 3. The molecule has 108 valence electrons. The summed E-state index contributed by atoms with van der Waals surface area (Å²) in [6.07, 6.45) is 5.93. The van der Waals surface area contributed by atoms with E-state index in [0.29, 0.717) is 19.1 Å². The van der Waals surface area contributed by atoms with Crippen molar-refractivity contribution < 1.29 is 9.53 Å². The second kappa shape index (κ2) is 10.6. The van der Waals surface area contributed by atoms with E-state index in [1.165, 1.54) is 0 Å². The van der Waals surface area contributed by atoms with Crippen LogP contribution in [-0.4, -0.2) is 43.2 Å². The number of hydrogen-bond donors (Lipinski definition) is 1. The molecule has 0 saturated carbocycles. The van der Waals surface area contributed by atoms with Gasteiger partial charge in [-0.05, 0) is 38.6 Å². The zero-order valence-corrected chi connectivity index (χ0v) is 12.2. The standard InChI is InChI=1S/C13H26N2O2.ClH/c1-2-11-17-12-5-4-9-15(10-7-12)13(16)6-3-8-14;/h12H,2-11,14H2,1H3;1H. The number of carbonyl (C=O) groups excluding carboxylic acids is 1. The van der Waals surface area contributed by atoms with Gasteiger partial charge in [0.2, 0.25) is 5.91 Å². The van der Waals surface area contributed by atoms with Crippen LogP contribution >= 0.6 is 12.4 Å². The van der Waals surface area contributed by atoms with Crippen molar-refractivity contribution in [1.82, 2.24) is 4.90 Å². The summed E-state index contributed by atoms with van der Waals surface area (Å²) in [5.74, 6) is 0.256. The van der Waals surface area contributed by atoms with Crippen LogP contribution in [0.25, 0.3) is 0 Å². The van der Waals surface area contributed by atoms with E-state index < -0.39 is 0 Å². The molecule has 1 unspecified atom stereocenters. The second-order valence-electron chi connectivity index (χ2n) is 4.70. The molecule has 1 amide bonds. The van der Waals surface area contributed by atoms with Gasteiger partial charge < -0.3 is 15.4 Å². The summed E-state index contributed by atoms with van der Waals surface area (Å²) in [5, 5.41) is 0. The Morgan fingerprint density at radius 3 is 2.83 bits per heavy atom. The van der Waals surface area contributed by atoms with Crippen LogP contribution in [0.4, 0.5) is 0 Å². The molecule has 18 heavy (non-hydrogen) atoms. The predicted octanol–water partition coefficient (Wildman–Crippen LogP) is 1.95. The van der Waals surface area contributed by atoms with Crippen molar-refractivity contribution >= 4 is 18.3 Å². The van der Waals surface area contributed by atoms with Crippen LogP contribution in [0.3, 0.4) is 0 Å². The fraction of sp³-hybridized carbons (Fsp3) is 0.923. The number of nitrogens with zero attached hydrogens (tertiary/aromatic N) is 1. The Hall–Kier alpha value is -0.320. The molecule has 0 aliphatic carbocycles. The number of nitrogens with two attached hydrogens (primary N) is 1. The van der Waals surface area contributed by atoms with Crippen LogP contribution in [0, 0.1) is 0 Å². The first kappa shape index (κ1) is 17.7. The summed E-state index contributed by atoms with van der Waals surface area (Å²) in [5.41, 5.74) is 5.42. The van der Waals surface area contributed by atoms with Gasteiger partial charge in [-0.1, -0.05) is 6.92 Å². The molecule has 1 saturated heterocycles. The van der Waals surface area contributed by atoms with Crippen LogP contribution in [0.15, 0.2) is 0 Å². The van der Waals surface area contributed by atoms with Gasteiger partial charge in [0, 0.05) is 26.1 Å². The monoisotopic (exact) mass is 278 g/mol. The van der Waals surface area contributed by atoms with E-state index in [1.807, 2.05) is 4.90 Å². The summed E-state index contributed by atoms with van der Waals surface area (Å²) in [4.78, 5) is 13.8. The van der Waals surface area contributed by atoms with Crippen molar-refractivity contribution in [3.63, 3.8) is 0 Å². The molecular formula is C13H27ClN2O2. The number of ether oxygens (including phenoxy) is 1. The van der Waals surface area contributed by atoms with Crippen molar-refractivity contribution in [1.29, 1.82) is 0 Å². The zero-order valence-electron chi connectivity index (χ0n) is 11.4. The number of amides is 1. The molecule has 1 aliphatic heterocycles. The second-order valence-corrected chi connectivity index (χ2v) is 4.70. The van der Waals surface area contributed by atoms with Crippen molar-refractivity contribution in [2.24, 2.45) is 5.73 Å². The molecule has 0 spiro atoms. The van der Waals surface area contributed by atoms with Gasteiger partial charge in [0.15, 0.2) is 0 Å². The summed E-state index contributed by atoms with van der Waals surface area (Å²) < 4.78 is 5.76. The van der Waals surface area contributed by atoms with E-state index in [9.17, 15) is 4.79 Å². The molecule has 0 bridgehead atoms. The van der Waals surface area contributed by atoms with Gasteiger partial charge in [-0.3, -0.25) is 4.79 Å². The van der Waals surface area contributed by atoms with Crippen molar-refractivity contribution in [2.45, 2.75) is 51.6 Å². The summed E-state index contributed by atoms with van der Waals surface area (Å²) in [6.45, 7) is 5.29. The largest absolute Gasteiger partial charge is 0.378 e. The lowest BCUT2D eigenvalue weighted by Crippen LogP contribution is -2.32.